The molecule has 0 radical (unpaired) electrons. The normalized spacial score (nSPS) is 20.2. The van der Waals surface area contributed by atoms with Crippen LogP contribution in [0, 0.1) is 5.41 Å². The molecule has 0 amide bonds. The van der Waals surface area contributed by atoms with Crippen molar-refractivity contribution in [3.8, 4) is 0 Å². The minimum absolute atomic E-state index is 0.459. The Kier molecular flexibility index (Phi) is 3.67. The molecule has 2 heterocycles. The van der Waals surface area contributed by atoms with Gasteiger partial charge in [0, 0.05) is 31.9 Å². The lowest BCUT2D eigenvalue weighted by Crippen LogP contribution is -2.39. The predicted molar refractivity (Wildman–Crippen MR) is 72.1 cm³/mol. The van der Waals surface area contributed by atoms with Crippen LogP contribution in [-0.2, 0) is 6.54 Å². The van der Waals surface area contributed by atoms with Crippen LogP contribution in [0.3, 0.4) is 0 Å². The average molecular weight is 233 g/mol. The third kappa shape index (κ3) is 3.19. The zero-order valence-electron chi connectivity index (χ0n) is 11.2. The molecule has 0 unspecified atom stereocenters. The van der Waals surface area contributed by atoms with Gasteiger partial charge in [-0.3, -0.25) is 4.90 Å². The van der Waals surface area contributed by atoms with E-state index < -0.39 is 0 Å². The third-order valence-electron chi connectivity index (χ3n) is 3.50. The molecule has 2 rings (SSSR count). The van der Waals surface area contributed by atoms with Crippen LogP contribution in [0.1, 0.15) is 32.3 Å². The van der Waals surface area contributed by atoms with Crippen molar-refractivity contribution < 1.29 is 0 Å². The summed E-state index contributed by atoms with van der Waals surface area (Å²) in [4.78, 5) is 6.90. The molecule has 1 aromatic heterocycles. The van der Waals surface area contributed by atoms with E-state index in [1.54, 1.807) is 0 Å². The summed E-state index contributed by atoms with van der Waals surface area (Å²) in [7, 11) is 1.94. The molecule has 1 N–H and O–H groups in total. The Bertz CT molecular complexity index is 373. The maximum absolute atomic E-state index is 4.36. The fraction of sp³-hybridized carbons (Fsp3) is 0.643. The lowest BCUT2D eigenvalue weighted by molar-refractivity contribution is 0.112. The first kappa shape index (κ1) is 12.4. The zero-order valence-corrected chi connectivity index (χ0v) is 11.2. The molecule has 94 valence electrons. The molecule has 0 atom stereocenters. The van der Waals surface area contributed by atoms with Gasteiger partial charge in [-0.2, -0.15) is 0 Å². The molecule has 0 saturated carbocycles. The monoisotopic (exact) mass is 233 g/mol. The van der Waals surface area contributed by atoms with Crippen LogP contribution in [0.25, 0.3) is 0 Å². The van der Waals surface area contributed by atoms with Gasteiger partial charge in [0.15, 0.2) is 0 Å². The molecule has 3 nitrogen and oxygen atoms in total. The first-order valence-corrected chi connectivity index (χ1v) is 6.45. The van der Waals surface area contributed by atoms with Crippen LogP contribution in [0.5, 0.6) is 0 Å². The average Bonchev–Trinajstić information content (AvgIpc) is 2.28. The second-order valence-corrected chi connectivity index (χ2v) is 5.74. The van der Waals surface area contributed by atoms with Gasteiger partial charge in [-0.15, -0.1) is 0 Å². The molecule has 0 aliphatic carbocycles. The standard InChI is InChI=1S/C14H23N3/c1-14(2)7-5-9-17(11-14)10-12-6-4-8-16-13(12)15-3/h4,6,8H,5,7,9-11H2,1-3H3,(H,15,16). The second kappa shape index (κ2) is 5.05. The lowest BCUT2D eigenvalue weighted by atomic mass is 9.84. The van der Waals surface area contributed by atoms with E-state index in [0.717, 1.165) is 12.4 Å². The van der Waals surface area contributed by atoms with E-state index in [1.165, 1.54) is 31.5 Å². The molecule has 0 aromatic carbocycles. The first-order valence-electron chi connectivity index (χ1n) is 6.45. The quantitative estimate of drug-likeness (QED) is 0.870. The molecular formula is C14H23N3. The van der Waals surface area contributed by atoms with Gasteiger partial charge in [0.25, 0.3) is 0 Å². The molecule has 0 spiro atoms. The summed E-state index contributed by atoms with van der Waals surface area (Å²) in [6, 6.07) is 4.19. The molecular weight excluding hydrogens is 210 g/mol. The number of rotatable bonds is 3. The highest BCUT2D eigenvalue weighted by Gasteiger charge is 2.26. The van der Waals surface area contributed by atoms with E-state index in [4.69, 9.17) is 0 Å². The summed E-state index contributed by atoms with van der Waals surface area (Å²) >= 11 is 0. The van der Waals surface area contributed by atoms with Gasteiger partial charge < -0.3 is 5.32 Å². The van der Waals surface area contributed by atoms with Crippen molar-refractivity contribution in [3.63, 3.8) is 0 Å². The van der Waals surface area contributed by atoms with E-state index in [0.29, 0.717) is 5.41 Å². The number of piperidine rings is 1. The van der Waals surface area contributed by atoms with Gasteiger partial charge in [0.1, 0.15) is 5.82 Å². The maximum Gasteiger partial charge on any atom is 0.130 e. The topological polar surface area (TPSA) is 28.2 Å². The van der Waals surface area contributed by atoms with Crippen molar-refractivity contribution in [1.29, 1.82) is 0 Å². The predicted octanol–water partition coefficient (Wildman–Crippen LogP) is 2.75. The molecule has 1 aliphatic heterocycles. The van der Waals surface area contributed by atoms with E-state index in [2.05, 4.69) is 35.1 Å². The Morgan fingerprint density at radius 3 is 3.00 bits per heavy atom. The molecule has 1 saturated heterocycles. The summed E-state index contributed by atoms with van der Waals surface area (Å²) in [6.45, 7) is 8.13. The zero-order chi connectivity index (χ0) is 12.3. The van der Waals surface area contributed by atoms with Gasteiger partial charge in [-0.25, -0.2) is 4.98 Å². The number of aromatic nitrogens is 1. The van der Waals surface area contributed by atoms with Crippen LogP contribution >= 0.6 is 0 Å². The number of hydrogen-bond donors (Lipinski definition) is 1. The van der Waals surface area contributed by atoms with Crippen molar-refractivity contribution in [2.75, 3.05) is 25.5 Å². The van der Waals surface area contributed by atoms with Crippen LogP contribution in [0.2, 0.25) is 0 Å². The summed E-state index contributed by atoms with van der Waals surface area (Å²) in [6.07, 6.45) is 4.49. The van der Waals surface area contributed by atoms with E-state index >= 15 is 0 Å². The lowest BCUT2D eigenvalue weighted by Gasteiger charge is -2.38. The number of nitrogens with zero attached hydrogens (tertiary/aromatic N) is 2. The molecule has 3 heteroatoms. The molecule has 1 aromatic rings. The first-order chi connectivity index (χ1) is 8.11. The van der Waals surface area contributed by atoms with Crippen molar-refractivity contribution in [1.82, 2.24) is 9.88 Å². The number of anilines is 1. The Balaban J connectivity index is 2.05. The van der Waals surface area contributed by atoms with Crippen LogP contribution in [0.15, 0.2) is 18.3 Å². The molecule has 0 bridgehead atoms. The minimum atomic E-state index is 0.459. The van der Waals surface area contributed by atoms with Gasteiger partial charge in [0.05, 0.1) is 0 Å². The smallest absolute Gasteiger partial charge is 0.130 e. The molecule has 17 heavy (non-hydrogen) atoms. The van der Waals surface area contributed by atoms with Gasteiger partial charge in [-0.05, 0) is 30.9 Å². The van der Waals surface area contributed by atoms with Crippen molar-refractivity contribution in [3.05, 3.63) is 23.9 Å². The van der Waals surface area contributed by atoms with Crippen molar-refractivity contribution >= 4 is 5.82 Å². The summed E-state index contributed by atoms with van der Waals surface area (Å²) in [5.74, 6) is 1.01. The highest BCUT2D eigenvalue weighted by Crippen LogP contribution is 2.29. The Morgan fingerprint density at radius 1 is 1.47 bits per heavy atom. The number of hydrogen-bond acceptors (Lipinski definition) is 3. The van der Waals surface area contributed by atoms with Crippen molar-refractivity contribution in [2.45, 2.75) is 33.2 Å². The largest absolute Gasteiger partial charge is 0.373 e. The second-order valence-electron chi connectivity index (χ2n) is 5.74. The summed E-state index contributed by atoms with van der Waals surface area (Å²) in [5, 5.41) is 3.17. The van der Waals surface area contributed by atoms with Crippen LogP contribution in [-0.4, -0.2) is 30.0 Å². The SMILES string of the molecule is CNc1ncccc1CN1CCCC(C)(C)C1. The maximum atomic E-state index is 4.36. The van der Waals surface area contributed by atoms with Gasteiger partial charge in [0.2, 0.25) is 0 Å². The van der Waals surface area contributed by atoms with E-state index in [1.807, 2.05) is 19.3 Å². The van der Waals surface area contributed by atoms with E-state index in [-0.39, 0.29) is 0 Å². The van der Waals surface area contributed by atoms with Gasteiger partial charge >= 0.3 is 0 Å². The number of likely N-dealkylation sites (tertiary alicyclic amines) is 1. The fourth-order valence-electron chi connectivity index (χ4n) is 2.71. The Morgan fingerprint density at radius 2 is 2.29 bits per heavy atom. The highest BCUT2D eigenvalue weighted by atomic mass is 15.1. The summed E-state index contributed by atoms with van der Waals surface area (Å²) < 4.78 is 0. The van der Waals surface area contributed by atoms with Crippen molar-refractivity contribution in [2.24, 2.45) is 5.41 Å². The summed E-state index contributed by atoms with van der Waals surface area (Å²) in [5.41, 5.74) is 1.76. The minimum Gasteiger partial charge on any atom is -0.373 e. The Hall–Kier alpha value is -1.09. The third-order valence-corrected chi connectivity index (χ3v) is 3.50. The molecule has 1 fully saturated rings. The van der Waals surface area contributed by atoms with E-state index in [9.17, 15) is 0 Å². The number of nitrogens with one attached hydrogen (secondary N) is 1. The van der Waals surface area contributed by atoms with Crippen LogP contribution in [0.4, 0.5) is 5.82 Å². The number of pyridine rings is 1. The Labute approximate surface area is 104 Å². The highest BCUT2D eigenvalue weighted by molar-refractivity contribution is 5.42. The van der Waals surface area contributed by atoms with Gasteiger partial charge in [-0.1, -0.05) is 19.9 Å². The molecule has 1 aliphatic rings. The fourth-order valence-corrected chi connectivity index (χ4v) is 2.71. The van der Waals surface area contributed by atoms with Crippen LogP contribution < -0.4 is 5.32 Å².